The average Bonchev–Trinajstić information content (AvgIpc) is 2.39. The van der Waals surface area contributed by atoms with Gasteiger partial charge in [0.1, 0.15) is 5.75 Å². The van der Waals surface area contributed by atoms with Crippen molar-refractivity contribution in [2.45, 2.75) is 25.1 Å². The van der Waals surface area contributed by atoms with Gasteiger partial charge in [-0.2, -0.15) is 0 Å². The summed E-state index contributed by atoms with van der Waals surface area (Å²) in [4.78, 5) is 0. The molecule has 94 valence electrons. The van der Waals surface area contributed by atoms with Gasteiger partial charge in [0.05, 0.1) is 12.5 Å². The van der Waals surface area contributed by atoms with Gasteiger partial charge >= 0.3 is 0 Å². The van der Waals surface area contributed by atoms with Gasteiger partial charge in [0.25, 0.3) is 0 Å². The highest BCUT2D eigenvalue weighted by Crippen LogP contribution is 2.39. The van der Waals surface area contributed by atoms with E-state index < -0.39 is 0 Å². The van der Waals surface area contributed by atoms with Crippen molar-refractivity contribution in [3.8, 4) is 5.75 Å². The maximum atomic E-state index is 6.61. The minimum absolute atomic E-state index is 0.0220. The second-order valence-corrected chi connectivity index (χ2v) is 5.07. The van der Waals surface area contributed by atoms with Crippen LogP contribution in [0.3, 0.4) is 0 Å². The van der Waals surface area contributed by atoms with Crippen LogP contribution in [0.15, 0.2) is 18.2 Å². The maximum Gasteiger partial charge on any atom is 0.123 e. The Hall–Kier alpha value is -0.730. The number of hydrogen-bond donors (Lipinski definition) is 0. The summed E-state index contributed by atoms with van der Waals surface area (Å²) in [5.41, 5.74) is 2.33. The van der Waals surface area contributed by atoms with E-state index in [-0.39, 0.29) is 5.38 Å². The monoisotopic (exact) mass is 254 g/mol. The molecule has 1 saturated heterocycles. The first-order valence-corrected chi connectivity index (χ1v) is 6.52. The first-order valence-electron chi connectivity index (χ1n) is 6.08. The molecule has 1 aliphatic heterocycles. The molecule has 3 heteroatoms. The third-order valence-corrected chi connectivity index (χ3v) is 3.95. The Balaban J connectivity index is 2.21. The molecule has 0 bridgehead atoms. The van der Waals surface area contributed by atoms with Crippen molar-refractivity contribution in [2.24, 2.45) is 5.92 Å². The Morgan fingerprint density at radius 1 is 1.35 bits per heavy atom. The SMILES string of the molecule is COc1ccc(C)cc1C(Cl)C1CCOCC1. The molecule has 0 spiro atoms. The fourth-order valence-electron chi connectivity index (χ4n) is 2.33. The van der Waals surface area contributed by atoms with Crippen LogP contribution in [0.5, 0.6) is 5.75 Å². The van der Waals surface area contributed by atoms with Crippen LogP contribution in [0, 0.1) is 12.8 Å². The van der Waals surface area contributed by atoms with E-state index in [0.717, 1.165) is 37.4 Å². The second-order valence-electron chi connectivity index (χ2n) is 4.60. The van der Waals surface area contributed by atoms with Crippen molar-refractivity contribution < 1.29 is 9.47 Å². The lowest BCUT2D eigenvalue weighted by molar-refractivity contribution is 0.0649. The largest absolute Gasteiger partial charge is 0.496 e. The molecule has 1 unspecified atom stereocenters. The first-order chi connectivity index (χ1) is 8.22. The van der Waals surface area contributed by atoms with E-state index in [1.807, 2.05) is 6.07 Å². The summed E-state index contributed by atoms with van der Waals surface area (Å²) in [5, 5.41) is 0.0220. The zero-order chi connectivity index (χ0) is 12.3. The van der Waals surface area contributed by atoms with Crippen molar-refractivity contribution in [3.63, 3.8) is 0 Å². The third-order valence-electron chi connectivity index (χ3n) is 3.36. The molecule has 1 heterocycles. The lowest BCUT2D eigenvalue weighted by Gasteiger charge is -2.27. The summed E-state index contributed by atoms with van der Waals surface area (Å²) in [7, 11) is 1.70. The Morgan fingerprint density at radius 3 is 2.71 bits per heavy atom. The van der Waals surface area contributed by atoms with E-state index in [0.29, 0.717) is 5.92 Å². The molecular weight excluding hydrogens is 236 g/mol. The van der Waals surface area contributed by atoms with Gasteiger partial charge in [-0.05, 0) is 31.7 Å². The molecule has 0 aliphatic carbocycles. The molecule has 1 aliphatic rings. The molecular formula is C14H19ClO2. The summed E-state index contributed by atoms with van der Waals surface area (Å²) < 4.78 is 10.8. The Labute approximate surface area is 108 Å². The zero-order valence-electron chi connectivity index (χ0n) is 10.4. The molecule has 0 radical (unpaired) electrons. The molecule has 0 amide bonds. The van der Waals surface area contributed by atoms with E-state index in [1.54, 1.807) is 7.11 Å². The smallest absolute Gasteiger partial charge is 0.123 e. The topological polar surface area (TPSA) is 18.5 Å². The van der Waals surface area contributed by atoms with Gasteiger partial charge in [0.15, 0.2) is 0 Å². The normalized spacial score (nSPS) is 19.0. The van der Waals surface area contributed by atoms with Gasteiger partial charge in [-0.15, -0.1) is 11.6 Å². The minimum Gasteiger partial charge on any atom is -0.496 e. The molecule has 1 atom stereocenters. The number of hydrogen-bond acceptors (Lipinski definition) is 2. The molecule has 2 rings (SSSR count). The first kappa shape index (κ1) is 12.7. The van der Waals surface area contributed by atoms with Crippen molar-refractivity contribution in [2.75, 3.05) is 20.3 Å². The molecule has 0 aromatic heterocycles. The van der Waals surface area contributed by atoms with Gasteiger partial charge in [-0.25, -0.2) is 0 Å². The highest BCUT2D eigenvalue weighted by molar-refractivity contribution is 6.21. The van der Waals surface area contributed by atoms with Crippen molar-refractivity contribution in [1.82, 2.24) is 0 Å². The van der Waals surface area contributed by atoms with Crippen LogP contribution in [0.2, 0.25) is 0 Å². The maximum absolute atomic E-state index is 6.61. The number of ether oxygens (including phenoxy) is 2. The lowest BCUT2D eigenvalue weighted by Crippen LogP contribution is -2.19. The fourth-order valence-corrected chi connectivity index (χ4v) is 2.75. The number of methoxy groups -OCH3 is 1. The summed E-state index contributed by atoms with van der Waals surface area (Å²) in [6, 6.07) is 6.18. The van der Waals surface area contributed by atoms with Crippen LogP contribution < -0.4 is 4.74 Å². The van der Waals surface area contributed by atoms with Gasteiger partial charge in [-0.1, -0.05) is 17.7 Å². The summed E-state index contributed by atoms with van der Waals surface area (Å²) >= 11 is 6.61. The van der Waals surface area contributed by atoms with Crippen LogP contribution in [0.1, 0.15) is 29.3 Å². The number of aryl methyl sites for hydroxylation is 1. The van der Waals surface area contributed by atoms with Crippen LogP contribution in [0.25, 0.3) is 0 Å². The summed E-state index contributed by atoms with van der Waals surface area (Å²) in [5.74, 6) is 1.38. The van der Waals surface area contributed by atoms with Gasteiger partial charge < -0.3 is 9.47 Å². The number of rotatable bonds is 3. The summed E-state index contributed by atoms with van der Waals surface area (Å²) in [6.07, 6.45) is 2.07. The van der Waals surface area contributed by atoms with E-state index in [2.05, 4.69) is 19.1 Å². The van der Waals surface area contributed by atoms with E-state index in [1.165, 1.54) is 5.56 Å². The van der Waals surface area contributed by atoms with Crippen LogP contribution in [0.4, 0.5) is 0 Å². The Bertz CT molecular complexity index is 372. The van der Waals surface area contributed by atoms with E-state index >= 15 is 0 Å². The van der Waals surface area contributed by atoms with Crippen LogP contribution in [-0.2, 0) is 4.74 Å². The molecule has 17 heavy (non-hydrogen) atoms. The van der Waals surface area contributed by atoms with Gasteiger partial charge in [0.2, 0.25) is 0 Å². The fraction of sp³-hybridized carbons (Fsp3) is 0.571. The number of alkyl halides is 1. The van der Waals surface area contributed by atoms with Gasteiger partial charge in [-0.3, -0.25) is 0 Å². The molecule has 1 fully saturated rings. The number of halogens is 1. The highest BCUT2D eigenvalue weighted by Gasteiger charge is 2.25. The quantitative estimate of drug-likeness (QED) is 0.766. The molecule has 1 aromatic carbocycles. The van der Waals surface area contributed by atoms with Crippen molar-refractivity contribution in [1.29, 1.82) is 0 Å². The average molecular weight is 255 g/mol. The second kappa shape index (κ2) is 5.74. The molecule has 2 nitrogen and oxygen atoms in total. The highest BCUT2D eigenvalue weighted by atomic mass is 35.5. The van der Waals surface area contributed by atoms with Crippen molar-refractivity contribution in [3.05, 3.63) is 29.3 Å². The van der Waals surface area contributed by atoms with Crippen molar-refractivity contribution >= 4 is 11.6 Å². The van der Waals surface area contributed by atoms with E-state index in [9.17, 15) is 0 Å². The lowest BCUT2D eigenvalue weighted by atomic mass is 9.91. The zero-order valence-corrected chi connectivity index (χ0v) is 11.2. The van der Waals surface area contributed by atoms with Crippen LogP contribution >= 0.6 is 11.6 Å². The Kier molecular flexibility index (Phi) is 4.30. The molecule has 0 N–H and O–H groups in total. The Morgan fingerprint density at radius 2 is 2.06 bits per heavy atom. The predicted molar refractivity (Wildman–Crippen MR) is 69.9 cm³/mol. The number of benzene rings is 1. The van der Waals surface area contributed by atoms with Gasteiger partial charge in [0, 0.05) is 18.8 Å². The third kappa shape index (κ3) is 2.93. The minimum atomic E-state index is 0.0220. The van der Waals surface area contributed by atoms with Crippen LogP contribution in [-0.4, -0.2) is 20.3 Å². The molecule has 0 saturated carbocycles. The molecule has 1 aromatic rings. The van der Waals surface area contributed by atoms with E-state index in [4.69, 9.17) is 21.1 Å². The predicted octanol–water partition coefficient (Wildman–Crippen LogP) is 3.71. The summed E-state index contributed by atoms with van der Waals surface area (Å²) in [6.45, 7) is 3.72. The standard InChI is InChI=1S/C14H19ClO2/c1-10-3-4-13(16-2)12(9-10)14(15)11-5-7-17-8-6-11/h3-4,9,11,14H,5-8H2,1-2H3.